The third kappa shape index (κ3) is 6.29. The molecule has 0 aromatic heterocycles. The van der Waals surface area contributed by atoms with Crippen LogP contribution in [0.1, 0.15) is 97.6 Å². The first-order valence-electron chi connectivity index (χ1n) is 18.5. The Bertz CT molecular complexity index is 1680. The number of carbonyl (C=O) groups is 5. The third-order valence-corrected chi connectivity index (χ3v) is 12.8. The van der Waals surface area contributed by atoms with Crippen molar-refractivity contribution in [2.45, 2.75) is 140 Å². The molecule has 11 atom stereocenters. The quantitative estimate of drug-likeness (QED) is 0.167. The Kier molecular flexibility index (Phi) is 10.4. The molecule has 3 bridgehead atoms. The highest BCUT2D eigenvalue weighted by Crippen LogP contribution is 2.64. The molecule has 14 heteroatoms. The number of rotatable bonds is 2. The van der Waals surface area contributed by atoms with Gasteiger partial charge in [-0.25, -0.2) is 4.79 Å². The van der Waals surface area contributed by atoms with Gasteiger partial charge in [-0.05, 0) is 43.4 Å². The lowest BCUT2D eigenvalue weighted by Gasteiger charge is -2.67. The van der Waals surface area contributed by atoms with Gasteiger partial charge < -0.3 is 44.7 Å². The molecule has 1 aromatic carbocycles. The van der Waals surface area contributed by atoms with Crippen molar-refractivity contribution in [2.24, 2.45) is 16.7 Å². The van der Waals surface area contributed by atoms with Gasteiger partial charge in [0.15, 0.2) is 17.5 Å². The number of amides is 1. The van der Waals surface area contributed by atoms with Crippen LogP contribution in [0.2, 0.25) is 0 Å². The van der Waals surface area contributed by atoms with Crippen LogP contribution in [0.15, 0.2) is 41.5 Å². The molecule has 2 aliphatic heterocycles. The summed E-state index contributed by atoms with van der Waals surface area (Å²) in [7, 11) is 0. The first-order chi connectivity index (χ1) is 24.9. The van der Waals surface area contributed by atoms with Gasteiger partial charge in [0, 0.05) is 38.0 Å². The smallest absolute Gasteiger partial charge is 0.338 e. The van der Waals surface area contributed by atoms with Crippen LogP contribution >= 0.6 is 0 Å². The second-order valence-electron chi connectivity index (χ2n) is 16.1. The lowest BCUT2D eigenvalue weighted by Crippen LogP contribution is -2.81. The van der Waals surface area contributed by atoms with E-state index >= 15 is 0 Å². The normalized spacial score (nSPS) is 40.8. The predicted octanol–water partition coefficient (Wildman–Crippen LogP) is 1.89. The Morgan fingerprint density at radius 2 is 1.60 bits per heavy atom. The van der Waals surface area contributed by atoms with Crippen LogP contribution in [-0.2, 0) is 42.9 Å². The molecule has 2 heterocycles. The van der Waals surface area contributed by atoms with Crippen molar-refractivity contribution in [3.63, 3.8) is 0 Å². The van der Waals surface area contributed by atoms with Gasteiger partial charge in [-0.1, -0.05) is 57.0 Å². The van der Waals surface area contributed by atoms with E-state index in [1.807, 2.05) is 0 Å². The van der Waals surface area contributed by atoms with Gasteiger partial charge in [0.1, 0.15) is 30.0 Å². The van der Waals surface area contributed by atoms with E-state index in [2.05, 4.69) is 5.32 Å². The molecule has 0 radical (unpaired) electrons. The lowest BCUT2D eigenvalue weighted by atomic mass is 9.44. The summed E-state index contributed by atoms with van der Waals surface area (Å²) in [5.41, 5.74) is -6.74. The number of Topliss-reactive ketones (excluding diaryl/α,β-unsaturated/α-hetero) is 1. The van der Waals surface area contributed by atoms with E-state index in [9.17, 15) is 44.4 Å². The van der Waals surface area contributed by atoms with Gasteiger partial charge >= 0.3 is 17.9 Å². The molecule has 5 N–H and O–H groups in total. The fourth-order valence-corrected chi connectivity index (χ4v) is 9.72. The van der Waals surface area contributed by atoms with Crippen molar-refractivity contribution >= 4 is 29.6 Å². The summed E-state index contributed by atoms with van der Waals surface area (Å²) in [4.78, 5) is 68.3. The molecule has 53 heavy (non-hydrogen) atoms. The van der Waals surface area contributed by atoms with Crippen molar-refractivity contribution in [1.82, 2.24) is 5.32 Å². The molecule has 3 aliphatic carbocycles. The Labute approximate surface area is 308 Å². The maximum Gasteiger partial charge on any atom is 0.338 e. The second kappa shape index (κ2) is 14.2. The number of esters is 3. The van der Waals surface area contributed by atoms with Gasteiger partial charge in [-0.15, -0.1) is 0 Å². The fraction of sp³-hybridized carbons (Fsp3) is 0.667. The number of nitrogens with one attached hydrogen (secondary N) is 1. The number of aliphatic hydroxyl groups is 4. The van der Waals surface area contributed by atoms with E-state index in [0.29, 0.717) is 31.2 Å². The van der Waals surface area contributed by atoms with E-state index in [1.54, 1.807) is 44.2 Å². The van der Waals surface area contributed by atoms with Crippen molar-refractivity contribution < 1.29 is 63.3 Å². The number of fused-ring (bicyclic) bond motifs is 6. The minimum atomic E-state index is -2.25. The Hall–Kier alpha value is -3.69. The first kappa shape index (κ1) is 39.0. The number of ether oxygens (including phenoxy) is 4. The number of hydrogen-bond acceptors (Lipinski definition) is 13. The van der Waals surface area contributed by atoms with Gasteiger partial charge in [0.25, 0.3) is 0 Å². The van der Waals surface area contributed by atoms with E-state index < -0.39 is 107 Å². The SMILES string of the molecule is CC(=O)O[C@@]12CO[C@@H]1C[C@H](O)[C@@]1(C)C(=O)[C@H](O)C3=C(C)[C@@H]4C[C@@](O)([C@@H](OC(=O)CCCCCCC(=O)N[C@@H](c5ccccc5)[C@@H](O)C(=O)O4)[C@H]21)C3(C)C. The Morgan fingerprint density at radius 3 is 2.23 bits per heavy atom. The molecule has 2 saturated carbocycles. The maximum atomic E-state index is 14.8. The molecule has 290 valence electrons. The van der Waals surface area contributed by atoms with E-state index in [-0.39, 0.29) is 37.0 Å². The Balaban J connectivity index is 1.53. The zero-order valence-electron chi connectivity index (χ0n) is 30.8. The molecule has 2 saturated heterocycles. The van der Waals surface area contributed by atoms with Crippen LogP contribution in [0.25, 0.3) is 0 Å². The zero-order chi connectivity index (χ0) is 38.7. The minimum Gasteiger partial charge on any atom is -0.459 e. The number of aliphatic hydroxyl groups excluding tert-OH is 3. The summed E-state index contributed by atoms with van der Waals surface area (Å²) < 4.78 is 24.0. The summed E-state index contributed by atoms with van der Waals surface area (Å²) in [6.07, 6.45) is -7.95. The summed E-state index contributed by atoms with van der Waals surface area (Å²) in [6.45, 7) is 7.06. The third-order valence-electron chi connectivity index (χ3n) is 12.8. The molecule has 1 amide bonds. The average molecular weight is 742 g/mol. The van der Waals surface area contributed by atoms with Crippen LogP contribution < -0.4 is 5.32 Å². The molecule has 0 spiro atoms. The fourth-order valence-electron chi connectivity index (χ4n) is 9.72. The van der Waals surface area contributed by atoms with Gasteiger partial charge in [-0.3, -0.25) is 19.2 Å². The molecule has 14 nitrogen and oxygen atoms in total. The predicted molar refractivity (Wildman–Crippen MR) is 184 cm³/mol. The summed E-state index contributed by atoms with van der Waals surface area (Å²) in [5.74, 6) is -5.31. The van der Waals surface area contributed by atoms with E-state index in [4.69, 9.17) is 18.9 Å². The van der Waals surface area contributed by atoms with Crippen LogP contribution in [0, 0.1) is 16.7 Å². The van der Waals surface area contributed by atoms with Crippen molar-refractivity contribution in [1.29, 1.82) is 0 Å². The van der Waals surface area contributed by atoms with Crippen LogP contribution in [0.5, 0.6) is 0 Å². The summed E-state index contributed by atoms with van der Waals surface area (Å²) in [5, 5.41) is 51.3. The molecular formula is C39H51NO13. The topological polar surface area (TPSA) is 215 Å². The highest BCUT2D eigenvalue weighted by atomic mass is 16.6. The van der Waals surface area contributed by atoms with Gasteiger partial charge in [0.2, 0.25) is 5.91 Å². The standard InChI is InChI=1S/C39H51NO13/c1-20-23-18-39(49)34(32-37(5,33(47)30(45)28(20)36(39,3)4)24(42)17-25-38(32,19-50-25)53-21(2)41)52-27(44)16-12-7-6-11-15-26(43)40-29(31(46)35(48)51-23)22-13-9-8-10-14-22/h8-10,13-14,23-25,29-32,34,42,45-46,49H,6-7,11-12,15-19H2,1-5H3,(H,40,43)/t23-,24-,25+,29-,30+,31+,32-,34-,37+,38-,39+/m0/s1. The van der Waals surface area contributed by atoms with E-state index in [0.717, 1.165) is 0 Å². The number of hydrogen-bond donors (Lipinski definition) is 5. The monoisotopic (exact) mass is 741 g/mol. The molecular weight excluding hydrogens is 690 g/mol. The number of carbonyl (C=O) groups excluding carboxylic acids is 5. The van der Waals surface area contributed by atoms with Gasteiger partial charge in [-0.2, -0.15) is 0 Å². The molecule has 0 unspecified atom stereocenters. The zero-order valence-corrected chi connectivity index (χ0v) is 30.8. The average Bonchev–Trinajstić information content (AvgIpc) is 3.09. The summed E-state index contributed by atoms with van der Waals surface area (Å²) in [6, 6.07) is 7.25. The summed E-state index contributed by atoms with van der Waals surface area (Å²) >= 11 is 0. The molecule has 5 aliphatic rings. The largest absolute Gasteiger partial charge is 0.459 e. The second-order valence-corrected chi connectivity index (χ2v) is 16.1. The maximum absolute atomic E-state index is 14.8. The first-order valence-corrected chi connectivity index (χ1v) is 18.5. The molecule has 6 rings (SSSR count). The number of ketones is 1. The van der Waals surface area contributed by atoms with Crippen molar-refractivity contribution in [2.75, 3.05) is 6.61 Å². The highest BCUT2D eigenvalue weighted by Gasteiger charge is 2.78. The van der Waals surface area contributed by atoms with E-state index in [1.165, 1.54) is 20.8 Å². The minimum absolute atomic E-state index is 0.00713. The molecule has 1 aromatic rings. The van der Waals surface area contributed by atoms with Crippen LogP contribution in [0.3, 0.4) is 0 Å². The highest BCUT2D eigenvalue weighted by molar-refractivity contribution is 5.93. The number of benzene rings is 1. The molecule has 4 fully saturated rings. The lowest BCUT2D eigenvalue weighted by molar-refractivity contribution is -0.347. The van der Waals surface area contributed by atoms with Crippen LogP contribution in [-0.4, -0.2) is 104 Å². The van der Waals surface area contributed by atoms with Crippen LogP contribution in [0.4, 0.5) is 0 Å². The van der Waals surface area contributed by atoms with Crippen molar-refractivity contribution in [3.8, 4) is 0 Å². The van der Waals surface area contributed by atoms with Crippen molar-refractivity contribution in [3.05, 3.63) is 47.0 Å². The Morgan fingerprint density at radius 1 is 0.943 bits per heavy atom. The van der Waals surface area contributed by atoms with Gasteiger partial charge in [0.05, 0.1) is 30.1 Å².